The summed E-state index contributed by atoms with van der Waals surface area (Å²) in [5, 5.41) is 14.8. The van der Waals surface area contributed by atoms with Crippen molar-refractivity contribution in [3.05, 3.63) is 29.8 Å². The number of anilines is 1. The quantitative estimate of drug-likeness (QED) is 0.691. The number of urea groups is 1. The summed E-state index contributed by atoms with van der Waals surface area (Å²) < 4.78 is 5.56. The van der Waals surface area contributed by atoms with Crippen molar-refractivity contribution < 1.29 is 14.6 Å². The molecule has 2 amide bonds. The summed E-state index contributed by atoms with van der Waals surface area (Å²) in [4.78, 5) is 12.0. The third-order valence-corrected chi connectivity index (χ3v) is 3.33. The van der Waals surface area contributed by atoms with E-state index >= 15 is 0 Å². The monoisotopic (exact) mass is 308 g/mol. The fraction of sp³-hybridized carbons (Fsp3) is 0.588. The molecule has 0 spiro atoms. The summed E-state index contributed by atoms with van der Waals surface area (Å²) in [6, 6.07) is 7.30. The minimum atomic E-state index is -0.255. The van der Waals surface area contributed by atoms with Crippen LogP contribution in [0.5, 0.6) is 0 Å². The lowest BCUT2D eigenvalue weighted by Gasteiger charge is -2.21. The SMILES string of the molecule is CC(C)OCc1cccc(NC(=O)NC(CCO)C(C)C)c1. The van der Waals surface area contributed by atoms with E-state index in [9.17, 15) is 4.79 Å². The molecule has 0 aromatic heterocycles. The van der Waals surface area contributed by atoms with Crippen molar-refractivity contribution in [1.29, 1.82) is 0 Å². The molecule has 0 fully saturated rings. The number of hydrogen-bond donors (Lipinski definition) is 3. The van der Waals surface area contributed by atoms with E-state index < -0.39 is 0 Å². The molecule has 0 aliphatic carbocycles. The number of ether oxygens (including phenoxy) is 1. The van der Waals surface area contributed by atoms with Crippen molar-refractivity contribution in [2.75, 3.05) is 11.9 Å². The summed E-state index contributed by atoms with van der Waals surface area (Å²) in [5.74, 6) is 0.267. The summed E-state index contributed by atoms with van der Waals surface area (Å²) in [6.45, 7) is 8.60. The van der Waals surface area contributed by atoms with Gasteiger partial charge in [-0.1, -0.05) is 26.0 Å². The van der Waals surface area contributed by atoms with Crippen LogP contribution in [0.15, 0.2) is 24.3 Å². The van der Waals surface area contributed by atoms with Crippen LogP contribution in [-0.2, 0) is 11.3 Å². The van der Waals surface area contributed by atoms with Crippen LogP contribution in [0.2, 0.25) is 0 Å². The second-order valence-electron chi connectivity index (χ2n) is 6.02. The van der Waals surface area contributed by atoms with Crippen molar-refractivity contribution in [2.45, 2.75) is 52.9 Å². The zero-order valence-corrected chi connectivity index (χ0v) is 13.9. The van der Waals surface area contributed by atoms with Gasteiger partial charge in [0.15, 0.2) is 0 Å². The van der Waals surface area contributed by atoms with Crippen LogP contribution in [0.25, 0.3) is 0 Å². The maximum atomic E-state index is 12.0. The van der Waals surface area contributed by atoms with Gasteiger partial charge in [-0.25, -0.2) is 4.79 Å². The molecule has 0 aliphatic rings. The number of hydrogen-bond acceptors (Lipinski definition) is 3. The van der Waals surface area contributed by atoms with Crippen LogP contribution >= 0.6 is 0 Å². The van der Waals surface area contributed by atoms with Gasteiger partial charge >= 0.3 is 6.03 Å². The van der Waals surface area contributed by atoms with Crippen molar-refractivity contribution in [3.63, 3.8) is 0 Å². The number of rotatable bonds is 8. The molecule has 0 saturated heterocycles. The zero-order chi connectivity index (χ0) is 16.5. The first-order valence-corrected chi connectivity index (χ1v) is 7.81. The molecule has 0 bridgehead atoms. The minimum Gasteiger partial charge on any atom is -0.396 e. The fourth-order valence-electron chi connectivity index (χ4n) is 2.05. The molecule has 0 saturated carbocycles. The molecule has 5 heteroatoms. The number of aliphatic hydroxyl groups is 1. The summed E-state index contributed by atoms with van der Waals surface area (Å²) >= 11 is 0. The lowest BCUT2D eigenvalue weighted by atomic mass is 10.0. The smallest absolute Gasteiger partial charge is 0.319 e. The van der Waals surface area contributed by atoms with Gasteiger partial charge in [-0.2, -0.15) is 0 Å². The van der Waals surface area contributed by atoms with E-state index in [2.05, 4.69) is 10.6 Å². The van der Waals surface area contributed by atoms with Gasteiger partial charge in [-0.3, -0.25) is 0 Å². The first-order chi connectivity index (χ1) is 10.4. The summed E-state index contributed by atoms with van der Waals surface area (Å²) in [6.07, 6.45) is 0.720. The average molecular weight is 308 g/mol. The van der Waals surface area contributed by atoms with E-state index in [1.807, 2.05) is 52.0 Å². The molecule has 124 valence electrons. The number of benzene rings is 1. The Morgan fingerprint density at radius 3 is 2.59 bits per heavy atom. The number of nitrogens with one attached hydrogen (secondary N) is 2. The predicted molar refractivity (Wildman–Crippen MR) is 88.9 cm³/mol. The van der Waals surface area contributed by atoms with E-state index in [1.165, 1.54) is 0 Å². The second-order valence-corrected chi connectivity index (χ2v) is 6.02. The van der Waals surface area contributed by atoms with Gasteiger partial charge in [0.05, 0.1) is 12.7 Å². The predicted octanol–water partition coefficient (Wildman–Crippen LogP) is 3.14. The highest BCUT2D eigenvalue weighted by Crippen LogP contribution is 2.13. The standard InChI is InChI=1S/C17H28N2O3/c1-12(2)16(8-9-20)19-17(21)18-15-7-5-6-14(10-15)11-22-13(3)4/h5-7,10,12-13,16,20H,8-9,11H2,1-4H3,(H2,18,19,21). The zero-order valence-electron chi connectivity index (χ0n) is 13.9. The Kier molecular flexibility index (Phi) is 7.91. The molecular formula is C17H28N2O3. The van der Waals surface area contributed by atoms with Gasteiger partial charge in [-0.15, -0.1) is 0 Å². The Bertz CT molecular complexity index is 461. The van der Waals surface area contributed by atoms with E-state index in [4.69, 9.17) is 9.84 Å². The van der Waals surface area contributed by atoms with Crippen LogP contribution in [0.3, 0.4) is 0 Å². The largest absolute Gasteiger partial charge is 0.396 e. The van der Waals surface area contributed by atoms with Crippen molar-refractivity contribution in [3.8, 4) is 0 Å². The Balaban J connectivity index is 2.58. The lowest BCUT2D eigenvalue weighted by Crippen LogP contribution is -2.41. The maximum Gasteiger partial charge on any atom is 0.319 e. The molecule has 0 radical (unpaired) electrons. The number of carbonyl (C=O) groups excluding carboxylic acids is 1. The van der Waals surface area contributed by atoms with Gasteiger partial charge in [0, 0.05) is 18.3 Å². The molecule has 5 nitrogen and oxygen atoms in total. The van der Waals surface area contributed by atoms with Crippen LogP contribution in [0.1, 0.15) is 39.7 Å². The molecule has 1 atom stereocenters. The van der Waals surface area contributed by atoms with Gasteiger partial charge in [0.1, 0.15) is 0 Å². The van der Waals surface area contributed by atoms with Gasteiger partial charge < -0.3 is 20.5 Å². The molecule has 22 heavy (non-hydrogen) atoms. The van der Waals surface area contributed by atoms with E-state index in [0.717, 1.165) is 11.3 Å². The minimum absolute atomic E-state index is 0.0440. The number of aliphatic hydroxyl groups excluding tert-OH is 1. The lowest BCUT2D eigenvalue weighted by molar-refractivity contribution is 0.0657. The summed E-state index contributed by atoms with van der Waals surface area (Å²) in [5.41, 5.74) is 1.75. The first kappa shape index (κ1) is 18.5. The van der Waals surface area contributed by atoms with Gasteiger partial charge in [-0.05, 0) is 43.9 Å². The third kappa shape index (κ3) is 6.91. The average Bonchev–Trinajstić information content (AvgIpc) is 2.45. The van der Waals surface area contributed by atoms with Crippen molar-refractivity contribution in [2.24, 2.45) is 5.92 Å². The normalized spacial score (nSPS) is 12.5. The van der Waals surface area contributed by atoms with Gasteiger partial charge in [0.2, 0.25) is 0 Å². The van der Waals surface area contributed by atoms with Crippen LogP contribution in [-0.4, -0.2) is 29.9 Å². The molecule has 1 aromatic rings. The number of carbonyl (C=O) groups is 1. The molecule has 1 aromatic carbocycles. The molecular weight excluding hydrogens is 280 g/mol. The summed E-state index contributed by atoms with van der Waals surface area (Å²) in [7, 11) is 0. The van der Waals surface area contributed by atoms with Crippen molar-refractivity contribution in [1.82, 2.24) is 5.32 Å². The highest BCUT2D eigenvalue weighted by Gasteiger charge is 2.15. The molecule has 3 N–H and O–H groups in total. The van der Waals surface area contributed by atoms with E-state index in [-0.39, 0.29) is 30.7 Å². The maximum absolute atomic E-state index is 12.0. The van der Waals surface area contributed by atoms with Crippen LogP contribution in [0, 0.1) is 5.92 Å². The third-order valence-electron chi connectivity index (χ3n) is 3.33. The van der Waals surface area contributed by atoms with Crippen LogP contribution in [0.4, 0.5) is 10.5 Å². The van der Waals surface area contributed by atoms with Gasteiger partial charge in [0.25, 0.3) is 0 Å². The second kappa shape index (κ2) is 9.43. The van der Waals surface area contributed by atoms with E-state index in [0.29, 0.717) is 13.0 Å². The Morgan fingerprint density at radius 2 is 2.00 bits per heavy atom. The first-order valence-electron chi connectivity index (χ1n) is 7.81. The molecule has 0 aliphatic heterocycles. The Hall–Kier alpha value is -1.59. The van der Waals surface area contributed by atoms with E-state index in [1.54, 1.807) is 0 Å². The topological polar surface area (TPSA) is 70.6 Å². The fourth-order valence-corrected chi connectivity index (χ4v) is 2.05. The molecule has 1 unspecified atom stereocenters. The van der Waals surface area contributed by atoms with Crippen LogP contribution < -0.4 is 10.6 Å². The molecule has 1 rings (SSSR count). The van der Waals surface area contributed by atoms with Crippen molar-refractivity contribution >= 4 is 11.7 Å². The molecule has 0 heterocycles. The highest BCUT2D eigenvalue weighted by atomic mass is 16.5. The Morgan fingerprint density at radius 1 is 1.27 bits per heavy atom. The Labute approximate surface area is 133 Å². The number of amides is 2. The highest BCUT2D eigenvalue weighted by molar-refractivity contribution is 5.89.